The van der Waals surface area contributed by atoms with Gasteiger partial charge in [-0.3, -0.25) is 0 Å². The monoisotopic (exact) mass is 365 g/mol. The van der Waals surface area contributed by atoms with Crippen LogP contribution in [0.4, 0.5) is 4.79 Å². The molecule has 3 rings (SSSR count). The molecule has 0 spiro atoms. The first-order chi connectivity index (χ1) is 12.0. The van der Waals surface area contributed by atoms with E-state index in [2.05, 4.69) is 25.4 Å². The van der Waals surface area contributed by atoms with Crippen LogP contribution in [0.1, 0.15) is 45.0 Å². The molecule has 1 saturated carbocycles. The highest BCUT2D eigenvalue weighted by molar-refractivity contribution is 7.99. The van der Waals surface area contributed by atoms with Crippen LogP contribution in [-0.4, -0.2) is 45.2 Å². The summed E-state index contributed by atoms with van der Waals surface area (Å²) in [5.41, 5.74) is 1.08. The molecule has 2 aliphatic rings. The van der Waals surface area contributed by atoms with Crippen molar-refractivity contribution in [1.82, 2.24) is 25.4 Å². The van der Waals surface area contributed by atoms with E-state index in [1.165, 1.54) is 11.8 Å². The van der Waals surface area contributed by atoms with E-state index < -0.39 is 5.97 Å². The quantitative estimate of drug-likeness (QED) is 0.566. The van der Waals surface area contributed by atoms with E-state index in [1.54, 1.807) is 6.92 Å². The first-order valence-electron chi connectivity index (χ1n) is 8.57. The lowest BCUT2D eigenvalue weighted by atomic mass is 10.0. The fraction of sp³-hybridized carbons (Fsp3) is 0.625. The molecule has 1 fully saturated rings. The van der Waals surface area contributed by atoms with Gasteiger partial charge in [0, 0.05) is 17.5 Å². The van der Waals surface area contributed by atoms with Gasteiger partial charge in [-0.1, -0.05) is 18.7 Å². The lowest BCUT2D eigenvalue weighted by Crippen LogP contribution is -2.50. The summed E-state index contributed by atoms with van der Waals surface area (Å²) in [5.74, 6) is 0.936. The second-order valence-corrected chi connectivity index (χ2v) is 7.03. The zero-order valence-corrected chi connectivity index (χ0v) is 15.5. The number of aryl methyl sites for hydroxylation is 1. The Morgan fingerprint density at radius 1 is 1.36 bits per heavy atom. The van der Waals surface area contributed by atoms with Crippen LogP contribution in [0.2, 0.25) is 0 Å². The third-order valence-corrected chi connectivity index (χ3v) is 5.21. The topological polar surface area (TPSA) is 98.1 Å². The Morgan fingerprint density at radius 3 is 2.76 bits per heavy atom. The minimum atomic E-state index is -0.391. The lowest BCUT2D eigenvalue weighted by molar-refractivity contribution is -0.139. The molecule has 2 N–H and O–H groups in total. The van der Waals surface area contributed by atoms with Gasteiger partial charge in [0.05, 0.1) is 18.2 Å². The molecule has 1 aliphatic heterocycles. The van der Waals surface area contributed by atoms with Crippen LogP contribution in [-0.2, 0) is 9.53 Å². The highest BCUT2D eigenvalue weighted by atomic mass is 32.2. The molecule has 1 aromatic rings. The number of nitrogens with one attached hydrogen (secondary N) is 2. The summed E-state index contributed by atoms with van der Waals surface area (Å²) in [5, 5.41) is 14.7. The molecular formula is C16H23N5O3S. The van der Waals surface area contributed by atoms with Gasteiger partial charge in [0.25, 0.3) is 0 Å². The number of thioether (sulfide) groups is 1. The molecule has 8 nitrogen and oxygen atoms in total. The number of carbonyl (C=O) groups excluding carboxylic acids is 2. The third-order valence-electron chi connectivity index (χ3n) is 4.24. The number of nitrogens with zero attached hydrogens (tertiary/aromatic N) is 3. The van der Waals surface area contributed by atoms with E-state index in [-0.39, 0.29) is 12.1 Å². The predicted octanol–water partition coefficient (Wildman–Crippen LogP) is 1.92. The number of carbonyl (C=O) groups is 2. The molecular weight excluding hydrogens is 342 g/mol. The average Bonchev–Trinajstić information content (AvgIpc) is 3.35. The summed E-state index contributed by atoms with van der Waals surface area (Å²) in [7, 11) is 0. The van der Waals surface area contributed by atoms with Gasteiger partial charge < -0.3 is 19.9 Å². The van der Waals surface area contributed by atoms with E-state index in [0.717, 1.165) is 23.8 Å². The SMILES string of the molecule is CCOC(=O)C1=C(CSc2nnc(C)n2C2CC2)NC(=O)N[C@H]1CC. The number of aromatic nitrogens is 3. The predicted molar refractivity (Wildman–Crippen MR) is 93.2 cm³/mol. The van der Waals surface area contributed by atoms with Crippen molar-refractivity contribution in [2.45, 2.75) is 57.3 Å². The fourth-order valence-electron chi connectivity index (χ4n) is 2.91. The Morgan fingerprint density at radius 2 is 2.12 bits per heavy atom. The van der Waals surface area contributed by atoms with Crippen LogP contribution < -0.4 is 10.6 Å². The maximum atomic E-state index is 12.4. The Bertz CT molecular complexity index is 711. The first kappa shape index (κ1) is 17.8. The van der Waals surface area contributed by atoms with Crippen LogP contribution >= 0.6 is 11.8 Å². The van der Waals surface area contributed by atoms with Crippen LogP contribution in [0.15, 0.2) is 16.4 Å². The Kier molecular flexibility index (Phi) is 5.31. The molecule has 136 valence electrons. The smallest absolute Gasteiger partial charge is 0.337 e. The normalized spacial score (nSPS) is 20.3. The number of hydrogen-bond donors (Lipinski definition) is 2. The molecule has 0 unspecified atom stereocenters. The van der Waals surface area contributed by atoms with E-state index in [1.807, 2.05) is 13.8 Å². The van der Waals surface area contributed by atoms with Crippen molar-refractivity contribution in [2.75, 3.05) is 12.4 Å². The van der Waals surface area contributed by atoms with Crippen molar-refractivity contribution in [3.63, 3.8) is 0 Å². The molecule has 0 aromatic carbocycles. The summed E-state index contributed by atoms with van der Waals surface area (Å²) >= 11 is 1.48. The first-order valence-corrected chi connectivity index (χ1v) is 9.55. The summed E-state index contributed by atoms with van der Waals surface area (Å²) in [6.45, 7) is 5.93. The third kappa shape index (κ3) is 3.81. The van der Waals surface area contributed by atoms with Gasteiger partial charge >= 0.3 is 12.0 Å². The molecule has 2 amide bonds. The molecule has 0 saturated heterocycles. The number of amides is 2. The zero-order chi connectivity index (χ0) is 18.0. The summed E-state index contributed by atoms with van der Waals surface area (Å²) in [4.78, 5) is 24.3. The van der Waals surface area contributed by atoms with E-state index in [4.69, 9.17) is 4.74 Å². The zero-order valence-electron chi connectivity index (χ0n) is 14.7. The van der Waals surface area contributed by atoms with Crippen LogP contribution in [0.5, 0.6) is 0 Å². The Balaban J connectivity index is 1.83. The Labute approximate surface area is 150 Å². The van der Waals surface area contributed by atoms with Crippen molar-refractivity contribution in [3.8, 4) is 0 Å². The van der Waals surface area contributed by atoms with E-state index in [9.17, 15) is 9.59 Å². The second-order valence-electron chi connectivity index (χ2n) is 6.09. The number of esters is 1. The highest BCUT2D eigenvalue weighted by Gasteiger charge is 2.32. The number of hydrogen-bond acceptors (Lipinski definition) is 6. The lowest BCUT2D eigenvalue weighted by Gasteiger charge is -2.28. The van der Waals surface area contributed by atoms with Crippen molar-refractivity contribution in [1.29, 1.82) is 0 Å². The maximum absolute atomic E-state index is 12.4. The minimum Gasteiger partial charge on any atom is -0.463 e. The molecule has 2 heterocycles. The van der Waals surface area contributed by atoms with Crippen LogP contribution in [0.25, 0.3) is 0 Å². The van der Waals surface area contributed by atoms with Gasteiger partial charge in [-0.15, -0.1) is 10.2 Å². The van der Waals surface area contributed by atoms with Crippen LogP contribution in [0.3, 0.4) is 0 Å². The summed E-state index contributed by atoms with van der Waals surface area (Å²) < 4.78 is 7.31. The van der Waals surface area contributed by atoms with E-state index in [0.29, 0.717) is 36.1 Å². The van der Waals surface area contributed by atoms with Gasteiger partial charge in [0.1, 0.15) is 5.82 Å². The number of ether oxygens (including phenoxy) is 1. The molecule has 0 bridgehead atoms. The van der Waals surface area contributed by atoms with Gasteiger partial charge in [-0.25, -0.2) is 9.59 Å². The van der Waals surface area contributed by atoms with Crippen LogP contribution in [0, 0.1) is 6.92 Å². The van der Waals surface area contributed by atoms with Gasteiger partial charge in [-0.05, 0) is 33.1 Å². The molecule has 1 aromatic heterocycles. The van der Waals surface area contributed by atoms with Gasteiger partial charge in [-0.2, -0.15) is 0 Å². The molecule has 1 atom stereocenters. The van der Waals surface area contributed by atoms with Gasteiger partial charge in [0.15, 0.2) is 5.16 Å². The number of urea groups is 1. The average molecular weight is 365 g/mol. The molecule has 0 radical (unpaired) electrons. The van der Waals surface area contributed by atoms with Crippen molar-refractivity contribution >= 4 is 23.8 Å². The van der Waals surface area contributed by atoms with E-state index >= 15 is 0 Å². The number of rotatable bonds is 7. The van der Waals surface area contributed by atoms with Gasteiger partial charge in [0.2, 0.25) is 0 Å². The molecule has 25 heavy (non-hydrogen) atoms. The van der Waals surface area contributed by atoms with Crippen molar-refractivity contribution < 1.29 is 14.3 Å². The van der Waals surface area contributed by atoms with Crippen molar-refractivity contribution in [2.24, 2.45) is 0 Å². The second kappa shape index (κ2) is 7.47. The Hall–Kier alpha value is -2.03. The molecule has 1 aliphatic carbocycles. The largest absolute Gasteiger partial charge is 0.463 e. The maximum Gasteiger partial charge on any atom is 0.337 e. The summed E-state index contributed by atoms with van der Waals surface area (Å²) in [6.07, 6.45) is 2.90. The van der Waals surface area contributed by atoms with Crippen molar-refractivity contribution in [3.05, 3.63) is 17.1 Å². The summed E-state index contributed by atoms with van der Waals surface area (Å²) in [6, 6.07) is -0.163. The minimum absolute atomic E-state index is 0.294. The fourth-order valence-corrected chi connectivity index (χ4v) is 3.93. The standard InChI is InChI=1S/C16H23N5O3S/c1-4-11-13(14(22)24-5-2)12(18-15(23)17-11)8-25-16-20-19-9(3)21(16)10-6-7-10/h10-11H,4-8H2,1-3H3,(H2,17,18,23)/t11-/m0/s1. The highest BCUT2D eigenvalue weighted by Crippen LogP contribution is 2.38. The molecule has 9 heteroatoms.